The molecular formula is C11H16N2. The summed E-state index contributed by atoms with van der Waals surface area (Å²) in [6.45, 7) is 2.28. The Morgan fingerprint density at radius 1 is 1.31 bits per heavy atom. The lowest BCUT2D eigenvalue weighted by Gasteiger charge is -2.19. The third-order valence-corrected chi connectivity index (χ3v) is 2.72. The van der Waals surface area contributed by atoms with Crippen molar-refractivity contribution in [3.8, 4) is 0 Å². The van der Waals surface area contributed by atoms with Crippen molar-refractivity contribution in [3.63, 3.8) is 0 Å². The molecule has 1 atom stereocenters. The normalized spacial score (nSPS) is 26.5. The van der Waals surface area contributed by atoms with E-state index in [0.29, 0.717) is 5.92 Å². The Bertz CT molecular complexity index is 285. The lowest BCUT2D eigenvalue weighted by Crippen LogP contribution is -2.17. The highest BCUT2D eigenvalue weighted by molar-refractivity contribution is 5.86. The second-order valence-corrected chi connectivity index (χ2v) is 3.80. The van der Waals surface area contributed by atoms with Gasteiger partial charge in [0.2, 0.25) is 0 Å². The molecule has 1 fully saturated rings. The molecule has 0 spiro atoms. The van der Waals surface area contributed by atoms with Gasteiger partial charge in [-0.25, -0.2) is 4.68 Å². The van der Waals surface area contributed by atoms with Gasteiger partial charge in [-0.1, -0.05) is 13.3 Å². The van der Waals surface area contributed by atoms with Gasteiger partial charge in [-0.3, -0.25) is 0 Å². The molecule has 0 saturated heterocycles. The molecule has 1 unspecified atom stereocenters. The van der Waals surface area contributed by atoms with Gasteiger partial charge in [0.15, 0.2) is 0 Å². The van der Waals surface area contributed by atoms with Gasteiger partial charge >= 0.3 is 0 Å². The van der Waals surface area contributed by atoms with E-state index in [4.69, 9.17) is 0 Å². The summed E-state index contributed by atoms with van der Waals surface area (Å²) in [7, 11) is 0. The van der Waals surface area contributed by atoms with Crippen molar-refractivity contribution in [3.05, 3.63) is 24.5 Å². The largest absolute Gasteiger partial charge is 0.248 e. The minimum Gasteiger partial charge on any atom is -0.248 e. The highest BCUT2D eigenvalue weighted by Gasteiger charge is 2.15. The number of rotatable bonds is 1. The molecule has 0 aromatic carbocycles. The first-order valence-electron chi connectivity index (χ1n) is 5.07. The average Bonchev–Trinajstić information content (AvgIpc) is 2.61. The Kier molecular flexibility index (Phi) is 2.48. The van der Waals surface area contributed by atoms with Gasteiger partial charge in [0.1, 0.15) is 0 Å². The van der Waals surface area contributed by atoms with Gasteiger partial charge in [-0.15, -0.1) is 0 Å². The lowest BCUT2D eigenvalue weighted by atomic mass is 9.89. The fourth-order valence-corrected chi connectivity index (χ4v) is 1.86. The summed E-state index contributed by atoms with van der Waals surface area (Å²) in [5.74, 6) is 0.677. The Balaban J connectivity index is 2.14. The van der Waals surface area contributed by atoms with E-state index < -0.39 is 0 Å². The monoisotopic (exact) mass is 176 g/mol. The van der Waals surface area contributed by atoms with E-state index in [2.05, 4.69) is 12.0 Å². The van der Waals surface area contributed by atoms with Crippen molar-refractivity contribution >= 4 is 5.71 Å². The van der Waals surface area contributed by atoms with Gasteiger partial charge < -0.3 is 0 Å². The molecule has 0 N–H and O–H groups in total. The van der Waals surface area contributed by atoms with Crippen molar-refractivity contribution in [2.45, 2.75) is 32.6 Å². The topological polar surface area (TPSA) is 17.3 Å². The lowest BCUT2D eigenvalue weighted by molar-refractivity contribution is 0.553. The van der Waals surface area contributed by atoms with Crippen LogP contribution >= 0.6 is 0 Å². The zero-order chi connectivity index (χ0) is 9.10. The Morgan fingerprint density at radius 2 is 2.08 bits per heavy atom. The van der Waals surface area contributed by atoms with E-state index in [1.807, 2.05) is 29.2 Å². The van der Waals surface area contributed by atoms with Gasteiger partial charge in [-0.2, -0.15) is 5.10 Å². The summed E-state index contributed by atoms with van der Waals surface area (Å²) < 4.78 is 1.91. The summed E-state index contributed by atoms with van der Waals surface area (Å²) in [6, 6.07) is 4.02. The highest BCUT2D eigenvalue weighted by Crippen LogP contribution is 2.21. The van der Waals surface area contributed by atoms with E-state index in [9.17, 15) is 0 Å². The standard InChI is InChI=1S/C11H16N2/c1-10-6-2-3-7-11(10)12-13-8-4-5-9-13/h4-5,8-10H,2-3,6-7H2,1H3/b12-11+. The third-order valence-electron chi connectivity index (χ3n) is 2.72. The van der Waals surface area contributed by atoms with E-state index in [1.54, 1.807) is 0 Å². The van der Waals surface area contributed by atoms with Crippen LogP contribution < -0.4 is 0 Å². The van der Waals surface area contributed by atoms with Crippen LogP contribution in [0.4, 0.5) is 0 Å². The molecule has 1 aliphatic carbocycles. The van der Waals surface area contributed by atoms with Crippen LogP contribution in [0.1, 0.15) is 32.6 Å². The van der Waals surface area contributed by atoms with Crippen molar-refractivity contribution < 1.29 is 0 Å². The predicted molar refractivity (Wildman–Crippen MR) is 54.9 cm³/mol. The van der Waals surface area contributed by atoms with Gasteiger partial charge in [0.05, 0.1) is 0 Å². The minimum atomic E-state index is 0.677. The second-order valence-electron chi connectivity index (χ2n) is 3.80. The zero-order valence-corrected chi connectivity index (χ0v) is 8.11. The molecule has 1 aliphatic rings. The molecule has 0 bridgehead atoms. The molecule has 2 nitrogen and oxygen atoms in total. The Labute approximate surface area is 79.3 Å². The third kappa shape index (κ3) is 2.00. The molecule has 1 aromatic heterocycles. The quantitative estimate of drug-likeness (QED) is 0.626. The summed E-state index contributed by atoms with van der Waals surface area (Å²) in [4.78, 5) is 0. The first-order valence-corrected chi connectivity index (χ1v) is 5.07. The van der Waals surface area contributed by atoms with Crippen LogP contribution in [0, 0.1) is 5.92 Å². The maximum Gasteiger partial charge on any atom is 0.0416 e. The summed E-state index contributed by atoms with van der Waals surface area (Å²) in [5.41, 5.74) is 1.36. The van der Waals surface area contributed by atoms with Crippen molar-refractivity contribution in [2.75, 3.05) is 0 Å². The first kappa shape index (κ1) is 8.54. The molecule has 0 aliphatic heterocycles. The Hall–Kier alpha value is -1.05. The molecule has 1 aromatic rings. The van der Waals surface area contributed by atoms with E-state index in [0.717, 1.165) is 0 Å². The molecule has 1 saturated carbocycles. The second kappa shape index (κ2) is 3.77. The predicted octanol–water partition coefficient (Wildman–Crippen LogP) is 2.90. The highest BCUT2D eigenvalue weighted by atomic mass is 15.3. The van der Waals surface area contributed by atoms with Crippen LogP contribution in [-0.2, 0) is 0 Å². The van der Waals surface area contributed by atoms with E-state index in [-0.39, 0.29) is 0 Å². The molecule has 70 valence electrons. The van der Waals surface area contributed by atoms with Crippen molar-refractivity contribution in [2.24, 2.45) is 11.0 Å². The first-order chi connectivity index (χ1) is 6.36. The molecule has 1 heterocycles. The van der Waals surface area contributed by atoms with Gasteiger partial charge in [0.25, 0.3) is 0 Å². The molecule has 2 rings (SSSR count). The number of hydrogen-bond donors (Lipinski definition) is 0. The number of nitrogens with zero attached hydrogens (tertiary/aromatic N) is 2. The van der Waals surface area contributed by atoms with Crippen LogP contribution in [0.5, 0.6) is 0 Å². The van der Waals surface area contributed by atoms with Crippen LogP contribution in [0.25, 0.3) is 0 Å². The number of hydrogen-bond acceptors (Lipinski definition) is 1. The number of aromatic nitrogens is 1. The molecule has 0 radical (unpaired) electrons. The zero-order valence-electron chi connectivity index (χ0n) is 8.11. The minimum absolute atomic E-state index is 0.677. The van der Waals surface area contributed by atoms with E-state index >= 15 is 0 Å². The smallest absolute Gasteiger partial charge is 0.0416 e. The fourth-order valence-electron chi connectivity index (χ4n) is 1.86. The van der Waals surface area contributed by atoms with Crippen LogP contribution in [-0.4, -0.2) is 10.4 Å². The summed E-state index contributed by atoms with van der Waals surface area (Å²) >= 11 is 0. The Morgan fingerprint density at radius 3 is 2.77 bits per heavy atom. The molecule has 2 heteroatoms. The van der Waals surface area contributed by atoms with Crippen LogP contribution in [0.15, 0.2) is 29.6 Å². The fraction of sp³-hybridized carbons (Fsp3) is 0.545. The van der Waals surface area contributed by atoms with Crippen LogP contribution in [0.3, 0.4) is 0 Å². The maximum absolute atomic E-state index is 4.59. The molecular weight excluding hydrogens is 160 g/mol. The van der Waals surface area contributed by atoms with Gasteiger partial charge in [0, 0.05) is 18.1 Å². The van der Waals surface area contributed by atoms with Crippen molar-refractivity contribution in [1.29, 1.82) is 0 Å². The maximum atomic E-state index is 4.59. The SMILES string of the molecule is CC1CCCC/C1=N\n1cccc1. The average molecular weight is 176 g/mol. The van der Waals surface area contributed by atoms with Crippen LogP contribution in [0.2, 0.25) is 0 Å². The molecule has 13 heavy (non-hydrogen) atoms. The summed E-state index contributed by atoms with van der Waals surface area (Å²) in [6.07, 6.45) is 9.15. The van der Waals surface area contributed by atoms with Gasteiger partial charge in [-0.05, 0) is 37.3 Å². The summed E-state index contributed by atoms with van der Waals surface area (Å²) in [5, 5.41) is 4.59. The van der Waals surface area contributed by atoms with E-state index in [1.165, 1.54) is 31.4 Å². The molecule has 0 amide bonds. The van der Waals surface area contributed by atoms with Crippen molar-refractivity contribution in [1.82, 2.24) is 4.68 Å².